The van der Waals surface area contributed by atoms with E-state index in [0.717, 1.165) is 32.2 Å². The molecule has 0 spiro atoms. The zero-order valence-electron chi connectivity index (χ0n) is 12.3. The number of nitrogens with zero attached hydrogens (tertiary/aromatic N) is 2. The third-order valence-corrected chi connectivity index (χ3v) is 4.60. The van der Waals surface area contributed by atoms with E-state index >= 15 is 0 Å². The molecule has 0 N–H and O–H groups in total. The Morgan fingerprint density at radius 1 is 1.10 bits per heavy atom. The van der Waals surface area contributed by atoms with Crippen molar-refractivity contribution < 1.29 is 9.59 Å². The van der Waals surface area contributed by atoms with E-state index in [9.17, 15) is 9.59 Å². The number of hydrogen-bond donors (Lipinski definition) is 0. The highest BCUT2D eigenvalue weighted by Crippen LogP contribution is 2.22. The molecule has 2 saturated heterocycles. The summed E-state index contributed by atoms with van der Waals surface area (Å²) in [4.78, 5) is 27.8. The van der Waals surface area contributed by atoms with Crippen molar-refractivity contribution in [3.8, 4) is 0 Å². The van der Waals surface area contributed by atoms with Crippen molar-refractivity contribution in [2.24, 2.45) is 0 Å². The minimum atomic E-state index is 0.106. The lowest BCUT2D eigenvalue weighted by molar-refractivity contribution is 0.0708. The molecule has 4 nitrogen and oxygen atoms in total. The Balaban J connectivity index is 1.68. The predicted octanol–water partition coefficient (Wildman–Crippen LogP) is 2.20. The van der Waals surface area contributed by atoms with Crippen molar-refractivity contribution in [2.75, 3.05) is 26.2 Å². The van der Waals surface area contributed by atoms with E-state index < -0.39 is 0 Å². The van der Waals surface area contributed by atoms with Crippen LogP contribution in [-0.4, -0.2) is 54.2 Å². The predicted molar refractivity (Wildman–Crippen MR) is 81.6 cm³/mol. The van der Waals surface area contributed by atoms with E-state index in [2.05, 4.69) is 4.90 Å². The van der Waals surface area contributed by atoms with Gasteiger partial charge in [-0.2, -0.15) is 0 Å². The normalized spacial score (nSPS) is 22.7. The molecule has 2 fully saturated rings. The van der Waals surface area contributed by atoms with Crippen LogP contribution in [0.3, 0.4) is 0 Å². The second kappa shape index (κ2) is 6.39. The highest BCUT2D eigenvalue weighted by Gasteiger charge is 2.31. The largest absolute Gasteiger partial charge is 0.334 e. The van der Waals surface area contributed by atoms with Gasteiger partial charge in [0.05, 0.1) is 0 Å². The van der Waals surface area contributed by atoms with Crippen LogP contribution in [0.1, 0.15) is 46.4 Å². The van der Waals surface area contributed by atoms with Crippen molar-refractivity contribution in [2.45, 2.75) is 31.7 Å². The third kappa shape index (κ3) is 3.16. The summed E-state index contributed by atoms with van der Waals surface area (Å²) in [6, 6.07) is 7.30. The van der Waals surface area contributed by atoms with E-state index in [1.807, 2.05) is 4.90 Å². The molecule has 1 atom stereocenters. The van der Waals surface area contributed by atoms with Gasteiger partial charge in [0.2, 0.25) is 0 Å². The van der Waals surface area contributed by atoms with Gasteiger partial charge in [0.1, 0.15) is 6.29 Å². The zero-order chi connectivity index (χ0) is 14.7. The molecule has 0 bridgehead atoms. The molecule has 2 aliphatic heterocycles. The molecule has 112 valence electrons. The van der Waals surface area contributed by atoms with Gasteiger partial charge in [0.15, 0.2) is 0 Å². The Morgan fingerprint density at radius 2 is 1.81 bits per heavy atom. The zero-order valence-corrected chi connectivity index (χ0v) is 12.3. The molecule has 0 aliphatic carbocycles. The molecule has 0 saturated carbocycles. The van der Waals surface area contributed by atoms with E-state index in [0.29, 0.717) is 17.2 Å². The second-order valence-corrected chi connectivity index (χ2v) is 6.04. The van der Waals surface area contributed by atoms with Gasteiger partial charge in [-0.25, -0.2) is 0 Å². The average Bonchev–Trinajstić information content (AvgIpc) is 3.19. The first-order chi connectivity index (χ1) is 10.3. The molecule has 0 radical (unpaired) electrons. The van der Waals surface area contributed by atoms with Gasteiger partial charge in [0.25, 0.3) is 5.91 Å². The number of rotatable bonds is 4. The van der Waals surface area contributed by atoms with E-state index in [4.69, 9.17) is 0 Å². The van der Waals surface area contributed by atoms with Crippen molar-refractivity contribution in [1.29, 1.82) is 0 Å². The Hall–Kier alpha value is -1.68. The molecule has 21 heavy (non-hydrogen) atoms. The lowest BCUT2D eigenvalue weighted by atomic mass is 10.1. The number of carbonyl (C=O) groups is 2. The SMILES string of the molecule is O=Cc1ccc(C(=O)N2CCC[C@H]2CN2CCCC2)cc1. The van der Waals surface area contributed by atoms with Crippen molar-refractivity contribution >= 4 is 12.2 Å². The fraction of sp³-hybridized carbons (Fsp3) is 0.529. The molecule has 0 unspecified atom stereocenters. The van der Waals surface area contributed by atoms with Crippen molar-refractivity contribution in [3.05, 3.63) is 35.4 Å². The van der Waals surface area contributed by atoms with Crippen LogP contribution in [0.25, 0.3) is 0 Å². The molecule has 1 aromatic carbocycles. The number of amides is 1. The number of carbonyl (C=O) groups excluding carboxylic acids is 2. The maximum absolute atomic E-state index is 12.6. The fourth-order valence-corrected chi connectivity index (χ4v) is 3.43. The summed E-state index contributed by atoms with van der Waals surface area (Å²) in [6.07, 6.45) is 5.58. The summed E-state index contributed by atoms with van der Waals surface area (Å²) in [7, 11) is 0. The van der Waals surface area contributed by atoms with Crippen LogP contribution in [0.15, 0.2) is 24.3 Å². The Morgan fingerprint density at radius 3 is 2.48 bits per heavy atom. The topological polar surface area (TPSA) is 40.6 Å². The molecule has 3 rings (SSSR count). The average molecular weight is 286 g/mol. The lowest BCUT2D eigenvalue weighted by Gasteiger charge is -2.28. The highest BCUT2D eigenvalue weighted by atomic mass is 16.2. The number of benzene rings is 1. The van der Waals surface area contributed by atoms with Gasteiger partial charge < -0.3 is 9.80 Å². The molecule has 1 aromatic rings. The highest BCUT2D eigenvalue weighted by molar-refractivity contribution is 5.95. The minimum absolute atomic E-state index is 0.106. The number of aldehydes is 1. The summed E-state index contributed by atoms with van der Waals surface area (Å²) >= 11 is 0. The van der Waals surface area contributed by atoms with Crippen LogP contribution in [0.2, 0.25) is 0 Å². The maximum atomic E-state index is 12.6. The quantitative estimate of drug-likeness (QED) is 0.797. The summed E-state index contributed by atoms with van der Waals surface area (Å²) in [5.74, 6) is 0.106. The molecular formula is C17H22N2O2. The van der Waals surface area contributed by atoms with Crippen LogP contribution >= 0.6 is 0 Å². The van der Waals surface area contributed by atoms with Gasteiger partial charge in [-0.15, -0.1) is 0 Å². The molecule has 2 heterocycles. The maximum Gasteiger partial charge on any atom is 0.254 e. The van der Waals surface area contributed by atoms with Crippen LogP contribution in [-0.2, 0) is 0 Å². The second-order valence-electron chi connectivity index (χ2n) is 6.04. The summed E-state index contributed by atoms with van der Waals surface area (Å²) in [5, 5.41) is 0. The Labute approximate surface area is 125 Å². The third-order valence-electron chi connectivity index (χ3n) is 4.60. The smallest absolute Gasteiger partial charge is 0.254 e. The fourth-order valence-electron chi connectivity index (χ4n) is 3.43. The molecule has 4 heteroatoms. The molecule has 0 aromatic heterocycles. The van der Waals surface area contributed by atoms with Gasteiger partial charge >= 0.3 is 0 Å². The van der Waals surface area contributed by atoms with Gasteiger partial charge in [-0.1, -0.05) is 12.1 Å². The number of hydrogen-bond acceptors (Lipinski definition) is 3. The van der Waals surface area contributed by atoms with Crippen LogP contribution in [0.4, 0.5) is 0 Å². The van der Waals surface area contributed by atoms with Crippen LogP contribution < -0.4 is 0 Å². The van der Waals surface area contributed by atoms with E-state index in [1.165, 1.54) is 25.9 Å². The molecule has 2 aliphatic rings. The van der Waals surface area contributed by atoms with E-state index in [-0.39, 0.29) is 5.91 Å². The first kappa shape index (κ1) is 14.3. The Bertz CT molecular complexity index is 506. The first-order valence-corrected chi connectivity index (χ1v) is 7.86. The van der Waals surface area contributed by atoms with Crippen molar-refractivity contribution in [1.82, 2.24) is 9.80 Å². The van der Waals surface area contributed by atoms with Crippen molar-refractivity contribution in [3.63, 3.8) is 0 Å². The first-order valence-electron chi connectivity index (χ1n) is 7.86. The molecular weight excluding hydrogens is 264 g/mol. The monoisotopic (exact) mass is 286 g/mol. The minimum Gasteiger partial charge on any atom is -0.334 e. The standard InChI is InChI=1S/C17H22N2O2/c20-13-14-5-7-15(8-6-14)17(21)19-11-3-4-16(19)12-18-9-1-2-10-18/h5-8,13,16H,1-4,9-12H2/t16-/m0/s1. The Kier molecular flexibility index (Phi) is 4.34. The summed E-state index contributed by atoms with van der Waals surface area (Å²) in [5.41, 5.74) is 1.30. The van der Waals surface area contributed by atoms with Gasteiger partial charge in [0, 0.05) is 30.3 Å². The van der Waals surface area contributed by atoms with Gasteiger partial charge in [-0.05, 0) is 50.9 Å². The van der Waals surface area contributed by atoms with E-state index in [1.54, 1.807) is 24.3 Å². The lowest BCUT2D eigenvalue weighted by Crippen LogP contribution is -2.42. The summed E-state index contributed by atoms with van der Waals surface area (Å²) < 4.78 is 0. The molecule has 1 amide bonds. The van der Waals surface area contributed by atoms with Crippen LogP contribution in [0.5, 0.6) is 0 Å². The van der Waals surface area contributed by atoms with Crippen LogP contribution in [0, 0.1) is 0 Å². The summed E-state index contributed by atoms with van der Waals surface area (Å²) in [6.45, 7) is 4.21. The van der Waals surface area contributed by atoms with Gasteiger partial charge in [-0.3, -0.25) is 9.59 Å². The number of likely N-dealkylation sites (tertiary alicyclic amines) is 2.